The van der Waals surface area contributed by atoms with E-state index < -0.39 is 33.7 Å². The van der Waals surface area contributed by atoms with Crippen LogP contribution in [0, 0.1) is 6.92 Å². The smallest absolute Gasteiger partial charge is 0.478 e. The van der Waals surface area contributed by atoms with Gasteiger partial charge in [0.2, 0.25) is 0 Å². The van der Waals surface area contributed by atoms with Crippen molar-refractivity contribution in [2.45, 2.75) is 13.2 Å². The number of hydrogen-bond acceptors (Lipinski definition) is 2. The first-order valence-corrected chi connectivity index (χ1v) is 3.77. The molecule has 1 rings (SSSR count). The lowest BCUT2D eigenvalue weighted by Crippen LogP contribution is -2.32. The molecule has 15 heavy (non-hydrogen) atoms. The van der Waals surface area contributed by atoms with Gasteiger partial charge in [-0.3, -0.25) is 4.79 Å². The van der Waals surface area contributed by atoms with Crippen LogP contribution in [-0.2, 0) is 6.30 Å². The van der Waals surface area contributed by atoms with Gasteiger partial charge in [0, 0.05) is 11.8 Å². The van der Waals surface area contributed by atoms with Gasteiger partial charge < -0.3 is 5.11 Å². The Hall–Kier alpha value is -1.79. The van der Waals surface area contributed by atoms with Crippen LogP contribution in [0.25, 0.3) is 0 Å². The summed E-state index contributed by atoms with van der Waals surface area (Å²) < 4.78 is 36.4. The summed E-state index contributed by atoms with van der Waals surface area (Å²) in [4.78, 5) is 21.4. The fraction of sp³-hybridized carbons (Fsp3) is 0.250. The third-order valence-electron chi connectivity index (χ3n) is 1.72. The molecule has 0 bridgehead atoms. The molecular weight excluding hydrogens is 215 g/mol. The maximum Gasteiger partial charge on any atom is 0.491 e. The van der Waals surface area contributed by atoms with E-state index in [1.54, 1.807) is 0 Å². The van der Waals surface area contributed by atoms with Crippen LogP contribution < -0.4 is 5.56 Å². The van der Waals surface area contributed by atoms with E-state index in [1.165, 1.54) is 0 Å². The van der Waals surface area contributed by atoms with Gasteiger partial charge in [-0.05, 0) is 13.0 Å². The molecule has 1 aromatic heterocycles. The standard InChI is InChI=1S/C8H6F3NO3/c1-4-2-5(7(14)15)3-6(13)12(4)8(9,10)11/h2-3H,1H3,(H,14,15). The molecule has 1 aromatic rings. The Morgan fingerprint density at radius 2 is 1.93 bits per heavy atom. The van der Waals surface area contributed by atoms with Gasteiger partial charge in [-0.2, -0.15) is 0 Å². The second-order valence-corrected chi connectivity index (χ2v) is 2.83. The lowest BCUT2D eigenvalue weighted by Gasteiger charge is -2.12. The summed E-state index contributed by atoms with van der Waals surface area (Å²) in [5.41, 5.74) is -2.33. The van der Waals surface area contributed by atoms with Crippen LogP contribution in [0.2, 0.25) is 0 Å². The molecule has 0 unspecified atom stereocenters. The minimum absolute atomic E-state index is 0.417. The van der Waals surface area contributed by atoms with Crippen molar-refractivity contribution in [3.8, 4) is 0 Å². The molecular formula is C8H6F3NO3. The first kappa shape index (κ1) is 11.3. The van der Waals surface area contributed by atoms with E-state index in [9.17, 15) is 22.8 Å². The third kappa shape index (κ3) is 2.17. The molecule has 1 N–H and O–H groups in total. The molecule has 0 aromatic carbocycles. The highest BCUT2D eigenvalue weighted by Crippen LogP contribution is 2.21. The number of carboxylic acids is 1. The van der Waals surface area contributed by atoms with Gasteiger partial charge in [0.1, 0.15) is 0 Å². The molecule has 0 spiro atoms. The number of nitrogens with zero attached hydrogens (tertiary/aromatic N) is 1. The van der Waals surface area contributed by atoms with Gasteiger partial charge in [0.15, 0.2) is 0 Å². The van der Waals surface area contributed by atoms with E-state index >= 15 is 0 Å². The molecule has 82 valence electrons. The van der Waals surface area contributed by atoms with Crippen molar-refractivity contribution in [1.82, 2.24) is 4.57 Å². The Kier molecular flexibility index (Phi) is 2.57. The number of aromatic carboxylic acids is 1. The molecule has 0 saturated carbocycles. The highest BCUT2D eigenvalue weighted by molar-refractivity contribution is 5.87. The molecule has 0 amide bonds. The van der Waals surface area contributed by atoms with Gasteiger partial charge >= 0.3 is 12.3 Å². The van der Waals surface area contributed by atoms with Crippen molar-refractivity contribution < 1.29 is 23.1 Å². The SMILES string of the molecule is Cc1cc(C(=O)O)cc(=O)n1C(F)(F)F. The molecule has 0 aliphatic carbocycles. The molecule has 0 aliphatic heterocycles. The Labute approximate surface area is 81.6 Å². The molecule has 0 atom stereocenters. The van der Waals surface area contributed by atoms with Crippen molar-refractivity contribution in [1.29, 1.82) is 0 Å². The van der Waals surface area contributed by atoms with E-state index in [1.807, 2.05) is 0 Å². The topological polar surface area (TPSA) is 59.3 Å². The maximum atomic E-state index is 12.3. The lowest BCUT2D eigenvalue weighted by atomic mass is 10.2. The van der Waals surface area contributed by atoms with Crippen LogP contribution >= 0.6 is 0 Å². The number of carbonyl (C=O) groups is 1. The van der Waals surface area contributed by atoms with Gasteiger partial charge in [-0.1, -0.05) is 0 Å². The lowest BCUT2D eigenvalue weighted by molar-refractivity contribution is -0.207. The second-order valence-electron chi connectivity index (χ2n) is 2.83. The monoisotopic (exact) mass is 221 g/mol. The summed E-state index contributed by atoms with van der Waals surface area (Å²) in [5.74, 6) is -1.44. The molecule has 0 saturated heterocycles. The Morgan fingerprint density at radius 1 is 1.40 bits per heavy atom. The second kappa shape index (κ2) is 3.41. The largest absolute Gasteiger partial charge is 0.491 e. The van der Waals surface area contributed by atoms with Crippen LogP contribution in [0.15, 0.2) is 16.9 Å². The fourth-order valence-electron chi connectivity index (χ4n) is 1.15. The van der Waals surface area contributed by atoms with E-state index in [0.29, 0.717) is 6.07 Å². The Bertz CT molecular complexity index is 461. The van der Waals surface area contributed by atoms with Crippen LogP contribution in [0.4, 0.5) is 13.2 Å². The fourth-order valence-corrected chi connectivity index (χ4v) is 1.15. The predicted molar refractivity (Wildman–Crippen MR) is 43.7 cm³/mol. The minimum Gasteiger partial charge on any atom is -0.478 e. The zero-order chi connectivity index (χ0) is 11.8. The molecule has 7 heteroatoms. The van der Waals surface area contributed by atoms with Crippen molar-refractivity contribution in [3.05, 3.63) is 33.7 Å². The van der Waals surface area contributed by atoms with Gasteiger partial charge in [0.25, 0.3) is 5.56 Å². The summed E-state index contributed by atoms with van der Waals surface area (Å²) in [6.07, 6.45) is -4.84. The van der Waals surface area contributed by atoms with Gasteiger partial charge in [-0.25, -0.2) is 9.36 Å². The number of alkyl halides is 3. The first-order chi connectivity index (χ1) is 6.73. The number of pyridine rings is 1. The summed E-state index contributed by atoms with van der Waals surface area (Å²) in [6.45, 7) is 1.02. The summed E-state index contributed by atoms with van der Waals surface area (Å²) in [7, 11) is 0. The number of rotatable bonds is 1. The number of aromatic nitrogens is 1. The zero-order valence-electron chi connectivity index (χ0n) is 7.50. The predicted octanol–water partition coefficient (Wildman–Crippen LogP) is 1.33. The van der Waals surface area contributed by atoms with Crippen molar-refractivity contribution in [2.24, 2.45) is 0 Å². The minimum atomic E-state index is -4.84. The van der Waals surface area contributed by atoms with Crippen LogP contribution in [-0.4, -0.2) is 15.6 Å². The highest BCUT2D eigenvalue weighted by Gasteiger charge is 2.33. The third-order valence-corrected chi connectivity index (χ3v) is 1.72. The number of hydrogen-bond donors (Lipinski definition) is 1. The number of aryl methyl sites for hydroxylation is 1. The molecule has 0 fully saturated rings. The quantitative estimate of drug-likeness (QED) is 0.778. The zero-order valence-corrected chi connectivity index (χ0v) is 7.50. The van der Waals surface area contributed by atoms with Gasteiger partial charge in [0.05, 0.1) is 5.56 Å². The van der Waals surface area contributed by atoms with Crippen molar-refractivity contribution in [3.63, 3.8) is 0 Å². The summed E-state index contributed by atoms with van der Waals surface area (Å²) in [6, 6.07) is 1.22. The van der Waals surface area contributed by atoms with E-state index in [2.05, 4.69) is 0 Å². The van der Waals surface area contributed by atoms with E-state index in [0.717, 1.165) is 13.0 Å². The van der Waals surface area contributed by atoms with Crippen LogP contribution in [0.5, 0.6) is 0 Å². The van der Waals surface area contributed by atoms with E-state index in [4.69, 9.17) is 5.11 Å². The van der Waals surface area contributed by atoms with Crippen molar-refractivity contribution in [2.75, 3.05) is 0 Å². The van der Waals surface area contributed by atoms with Gasteiger partial charge in [-0.15, -0.1) is 13.2 Å². The van der Waals surface area contributed by atoms with Crippen LogP contribution in [0.1, 0.15) is 16.1 Å². The highest BCUT2D eigenvalue weighted by atomic mass is 19.4. The Morgan fingerprint density at radius 3 is 2.27 bits per heavy atom. The summed E-state index contributed by atoms with van der Waals surface area (Å²) in [5, 5.41) is 8.50. The number of carboxylic acid groups (broad SMARTS) is 1. The average molecular weight is 221 g/mol. The average Bonchev–Trinajstić information content (AvgIpc) is 1.99. The number of halogens is 3. The molecule has 0 radical (unpaired) electrons. The Balaban J connectivity index is 3.48. The van der Waals surface area contributed by atoms with Crippen molar-refractivity contribution >= 4 is 5.97 Å². The van der Waals surface area contributed by atoms with Crippen LogP contribution in [0.3, 0.4) is 0 Å². The normalized spacial score (nSPS) is 11.5. The van der Waals surface area contributed by atoms with E-state index in [-0.39, 0.29) is 0 Å². The molecule has 4 nitrogen and oxygen atoms in total. The maximum absolute atomic E-state index is 12.3. The first-order valence-electron chi connectivity index (χ1n) is 3.77. The molecule has 1 heterocycles. The summed E-state index contributed by atoms with van der Waals surface area (Å²) >= 11 is 0. The molecule has 0 aliphatic rings.